The maximum atomic E-state index is 11.8. The van der Waals surface area contributed by atoms with Gasteiger partial charge in [-0.1, -0.05) is 0 Å². The van der Waals surface area contributed by atoms with E-state index in [0.29, 0.717) is 12.1 Å². The lowest BCUT2D eigenvalue weighted by atomic mass is 10.2. The highest BCUT2D eigenvalue weighted by molar-refractivity contribution is 5.75. The van der Waals surface area contributed by atoms with Crippen LogP contribution in [-0.4, -0.2) is 55.1 Å². The number of hydrogen-bond acceptors (Lipinski definition) is 2. The third-order valence-corrected chi connectivity index (χ3v) is 2.98. The van der Waals surface area contributed by atoms with Gasteiger partial charge in [0.25, 0.3) is 0 Å². The van der Waals surface area contributed by atoms with Gasteiger partial charge in [0.1, 0.15) is 0 Å². The highest BCUT2D eigenvalue weighted by Gasteiger charge is 2.39. The summed E-state index contributed by atoms with van der Waals surface area (Å²) in [4.78, 5) is 15.5. The smallest absolute Gasteiger partial charge is 0.320 e. The summed E-state index contributed by atoms with van der Waals surface area (Å²) in [7, 11) is 3.65. The van der Waals surface area contributed by atoms with Crippen molar-refractivity contribution in [2.24, 2.45) is 0 Å². The Morgan fingerprint density at radius 2 is 1.85 bits per heavy atom. The van der Waals surface area contributed by atoms with E-state index in [2.05, 4.69) is 10.2 Å². The number of rotatable bonds is 0. The average molecular weight is 183 g/mol. The second-order valence-corrected chi connectivity index (χ2v) is 4.13. The van der Waals surface area contributed by atoms with E-state index in [0.717, 1.165) is 25.9 Å². The first-order chi connectivity index (χ1) is 6.20. The standard InChI is InChI=1S/C9H17N3O/c1-11(2)9(13)12-7-3-4-8(12)6-10-5-7/h7-8,10H,3-6H2,1-2H3. The van der Waals surface area contributed by atoms with Crippen molar-refractivity contribution in [3.8, 4) is 0 Å². The molecule has 0 aromatic rings. The number of piperazine rings is 1. The van der Waals surface area contributed by atoms with Crippen LogP contribution in [0.15, 0.2) is 0 Å². The summed E-state index contributed by atoms with van der Waals surface area (Å²) in [6.45, 7) is 1.94. The average Bonchev–Trinajstić information content (AvgIpc) is 2.34. The molecule has 2 saturated heterocycles. The third kappa shape index (κ3) is 1.39. The number of fused-ring (bicyclic) bond motifs is 2. The highest BCUT2D eigenvalue weighted by Crippen LogP contribution is 2.27. The number of carbonyl (C=O) groups is 1. The van der Waals surface area contributed by atoms with Crippen LogP contribution in [0.5, 0.6) is 0 Å². The molecule has 2 unspecified atom stereocenters. The van der Waals surface area contributed by atoms with Gasteiger partial charge in [0.15, 0.2) is 0 Å². The van der Waals surface area contributed by atoms with Crippen LogP contribution in [0.3, 0.4) is 0 Å². The van der Waals surface area contributed by atoms with Crippen molar-refractivity contribution in [3.05, 3.63) is 0 Å². The first kappa shape index (κ1) is 8.81. The maximum Gasteiger partial charge on any atom is 0.320 e. The number of nitrogens with zero attached hydrogens (tertiary/aromatic N) is 2. The second-order valence-electron chi connectivity index (χ2n) is 4.13. The summed E-state index contributed by atoms with van der Waals surface area (Å²) < 4.78 is 0. The predicted molar refractivity (Wildman–Crippen MR) is 50.6 cm³/mol. The van der Waals surface area contributed by atoms with Crippen LogP contribution in [0.4, 0.5) is 4.79 Å². The van der Waals surface area contributed by atoms with Crippen LogP contribution in [-0.2, 0) is 0 Å². The minimum atomic E-state index is 0.175. The quantitative estimate of drug-likeness (QED) is 0.578. The maximum absolute atomic E-state index is 11.8. The number of amides is 2. The lowest BCUT2D eigenvalue weighted by Gasteiger charge is -2.36. The fourth-order valence-corrected chi connectivity index (χ4v) is 2.32. The molecular weight excluding hydrogens is 166 g/mol. The molecule has 0 radical (unpaired) electrons. The Bertz CT molecular complexity index is 201. The largest absolute Gasteiger partial charge is 0.331 e. The van der Waals surface area contributed by atoms with Gasteiger partial charge in [-0.2, -0.15) is 0 Å². The molecule has 2 atom stereocenters. The lowest BCUT2D eigenvalue weighted by Crippen LogP contribution is -2.56. The first-order valence-electron chi connectivity index (χ1n) is 4.90. The normalized spacial score (nSPS) is 32.0. The van der Waals surface area contributed by atoms with E-state index < -0.39 is 0 Å². The van der Waals surface area contributed by atoms with Crippen molar-refractivity contribution in [3.63, 3.8) is 0 Å². The number of nitrogens with one attached hydrogen (secondary N) is 1. The molecule has 0 aromatic heterocycles. The molecule has 2 bridgehead atoms. The zero-order chi connectivity index (χ0) is 9.42. The summed E-state index contributed by atoms with van der Waals surface area (Å²) in [5.74, 6) is 0. The van der Waals surface area contributed by atoms with Gasteiger partial charge in [-0.05, 0) is 12.8 Å². The Morgan fingerprint density at radius 3 is 2.31 bits per heavy atom. The molecule has 74 valence electrons. The zero-order valence-electron chi connectivity index (χ0n) is 8.29. The Labute approximate surface area is 78.9 Å². The second kappa shape index (κ2) is 3.18. The predicted octanol–water partition coefficient (Wildman–Crippen LogP) is 0.104. The van der Waals surface area contributed by atoms with Gasteiger partial charge in [-0.3, -0.25) is 0 Å². The van der Waals surface area contributed by atoms with Crippen LogP contribution >= 0.6 is 0 Å². The zero-order valence-corrected chi connectivity index (χ0v) is 8.29. The number of carbonyl (C=O) groups excluding carboxylic acids is 1. The summed E-state index contributed by atoms with van der Waals surface area (Å²) >= 11 is 0. The van der Waals surface area contributed by atoms with E-state index >= 15 is 0 Å². The summed E-state index contributed by atoms with van der Waals surface area (Å²) in [5.41, 5.74) is 0. The molecule has 1 N–H and O–H groups in total. The van der Waals surface area contributed by atoms with Crippen LogP contribution in [0.2, 0.25) is 0 Å². The van der Waals surface area contributed by atoms with Crippen molar-refractivity contribution < 1.29 is 4.79 Å². The Kier molecular flexibility index (Phi) is 2.15. The molecule has 2 rings (SSSR count). The monoisotopic (exact) mass is 183 g/mol. The van der Waals surface area contributed by atoms with E-state index in [1.54, 1.807) is 4.90 Å². The molecule has 4 heteroatoms. The van der Waals surface area contributed by atoms with Crippen molar-refractivity contribution in [2.75, 3.05) is 27.2 Å². The molecule has 0 aliphatic carbocycles. The molecule has 2 aliphatic rings. The molecule has 2 aliphatic heterocycles. The van der Waals surface area contributed by atoms with Crippen LogP contribution < -0.4 is 5.32 Å². The van der Waals surface area contributed by atoms with Gasteiger partial charge >= 0.3 is 6.03 Å². The number of hydrogen-bond donors (Lipinski definition) is 1. The summed E-state index contributed by atoms with van der Waals surface area (Å²) in [5, 5.41) is 3.36. The van der Waals surface area contributed by atoms with E-state index in [-0.39, 0.29) is 6.03 Å². The van der Waals surface area contributed by atoms with Gasteiger partial charge < -0.3 is 15.1 Å². The van der Waals surface area contributed by atoms with Crippen LogP contribution in [0, 0.1) is 0 Å². The van der Waals surface area contributed by atoms with Crippen molar-refractivity contribution >= 4 is 6.03 Å². The highest BCUT2D eigenvalue weighted by atomic mass is 16.2. The van der Waals surface area contributed by atoms with Gasteiger partial charge in [0.05, 0.1) is 0 Å². The minimum absolute atomic E-state index is 0.175. The molecule has 0 spiro atoms. The van der Waals surface area contributed by atoms with E-state index in [1.807, 2.05) is 14.1 Å². The van der Waals surface area contributed by atoms with E-state index in [9.17, 15) is 4.79 Å². The third-order valence-electron chi connectivity index (χ3n) is 2.98. The molecule has 0 saturated carbocycles. The Balaban J connectivity index is 2.10. The Morgan fingerprint density at radius 1 is 1.31 bits per heavy atom. The van der Waals surface area contributed by atoms with Crippen LogP contribution in [0.1, 0.15) is 12.8 Å². The van der Waals surface area contributed by atoms with Crippen molar-refractivity contribution in [1.29, 1.82) is 0 Å². The van der Waals surface area contributed by atoms with Gasteiger partial charge in [0, 0.05) is 39.3 Å². The van der Waals surface area contributed by atoms with Crippen LogP contribution in [0.25, 0.3) is 0 Å². The van der Waals surface area contributed by atoms with E-state index in [4.69, 9.17) is 0 Å². The minimum Gasteiger partial charge on any atom is -0.331 e. The fourth-order valence-electron chi connectivity index (χ4n) is 2.32. The topological polar surface area (TPSA) is 35.6 Å². The molecule has 2 amide bonds. The van der Waals surface area contributed by atoms with E-state index in [1.165, 1.54) is 0 Å². The first-order valence-corrected chi connectivity index (χ1v) is 4.90. The molecule has 4 nitrogen and oxygen atoms in total. The molecule has 2 heterocycles. The van der Waals surface area contributed by atoms with Gasteiger partial charge in [-0.15, -0.1) is 0 Å². The van der Waals surface area contributed by atoms with Gasteiger partial charge in [0.2, 0.25) is 0 Å². The Hall–Kier alpha value is -0.770. The van der Waals surface area contributed by atoms with Gasteiger partial charge in [-0.25, -0.2) is 4.79 Å². The molecule has 13 heavy (non-hydrogen) atoms. The van der Waals surface area contributed by atoms with Crippen molar-refractivity contribution in [1.82, 2.24) is 15.1 Å². The molecule has 2 fully saturated rings. The summed E-state index contributed by atoms with van der Waals surface area (Å²) in [6, 6.07) is 1.05. The van der Waals surface area contributed by atoms with Crippen molar-refractivity contribution in [2.45, 2.75) is 24.9 Å². The fraction of sp³-hybridized carbons (Fsp3) is 0.889. The number of urea groups is 1. The lowest BCUT2D eigenvalue weighted by molar-refractivity contribution is 0.131. The molecular formula is C9H17N3O. The molecule has 0 aromatic carbocycles. The summed E-state index contributed by atoms with van der Waals surface area (Å²) in [6.07, 6.45) is 2.33. The SMILES string of the molecule is CN(C)C(=O)N1C2CCC1CNC2.